The second-order valence-corrected chi connectivity index (χ2v) is 3.48. The molecule has 0 aliphatic rings. The van der Waals surface area contributed by atoms with Gasteiger partial charge in [-0.2, -0.15) is 0 Å². The first-order valence-corrected chi connectivity index (χ1v) is 4.85. The smallest absolute Gasteiger partial charge is 0.318 e. The van der Waals surface area contributed by atoms with Gasteiger partial charge in [-0.05, 0) is 19.4 Å². The van der Waals surface area contributed by atoms with E-state index in [1.54, 1.807) is 0 Å². The first-order valence-electron chi connectivity index (χ1n) is 4.85. The summed E-state index contributed by atoms with van der Waals surface area (Å²) in [5, 5.41) is 5.26. The van der Waals surface area contributed by atoms with Crippen LogP contribution in [0.15, 0.2) is 0 Å². The number of nitrogens with two attached hydrogens (primary N) is 1. The molecule has 5 heteroatoms. The van der Waals surface area contributed by atoms with Crippen LogP contribution in [0.2, 0.25) is 0 Å². The monoisotopic (exact) mass is 201 g/mol. The van der Waals surface area contributed by atoms with E-state index in [1.165, 1.54) is 0 Å². The van der Waals surface area contributed by atoms with Crippen molar-refractivity contribution in [2.45, 2.75) is 39.2 Å². The molecule has 0 fully saturated rings. The average Bonchev–Trinajstić information content (AvgIpc) is 2.01. The van der Waals surface area contributed by atoms with Crippen LogP contribution in [-0.4, -0.2) is 24.5 Å². The molecule has 0 saturated carbocycles. The molecule has 0 aromatic rings. The molecular formula is C9H19N3O2. The summed E-state index contributed by atoms with van der Waals surface area (Å²) in [6.07, 6.45) is 2.03. The molecule has 0 saturated heterocycles. The summed E-state index contributed by atoms with van der Waals surface area (Å²) in [4.78, 5) is 21.2. The predicted molar refractivity (Wildman–Crippen MR) is 54.7 cm³/mol. The fourth-order valence-electron chi connectivity index (χ4n) is 1.00. The van der Waals surface area contributed by atoms with Gasteiger partial charge >= 0.3 is 6.03 Å². The minimum absolute atomic E-state index is 0.304. The Balaban J connectivity index is 3.27. The Morgan fingerprint density at radius 1 is 1.29 bits per heavy atom. The molecule has 14 heavy (non-hydrogen) atoms. The highest BCUT2D eigenvalue weighted by Crippen LogP contribution is 1.94. The first kappa shape index (κ1) is 12.9. The van der Waals surface area contributed by atoms with Crippen LogP contribution in [-0.2, 0) is 4.79 Å². The fourth-order valence-corrected chi connectivity index (χ4v) is 1.00. The van der Waals surface area contributed by atoms with E-state index < -0.39 is 6.03 Å². The topological polar surface area (TPSA) is 84.2 Å². The molecule has 3 amide bonds. The van der Waals surface area contributed by atoms with Crippen molar-refractivity contribution in [3.05, 3.63) is 0 Å². The maximum atomic E-state index is 10.9. The molecule has 0 bridgehead atoms. The van der Waals surface area contributed by atoms with E-state index in [0.29, 0.717) is 12.5 Å². The molecule has 0 radical (unpaired) electrons. The normalized spacial score (nSPS) is 10.2. The lowest BCUT2D eigenvalue weighted by Crippen LogP contribution is -2.34. The van der Waals surface area contributed by atoms with Gasteiger partial charge in [0.05, 0.1) is 0 Å². The maximum absolute atomic E-state index is 10.9. The SMILES string of the molecule is CC(C)NCCCCC(=O)NC(N)=O. The van der Waals surface area contributed by atoms with Gasteiger partial charge in [-0.1, -0.05) is 13.8 Å². The number of carbonyl (C=O) groups excluding carboxylic acids is 2. The molecule has 0 aliphatic carbocycles. The highest BCUT2D eigenvalue weighted by Gasteiger charge is 2.02. The van der Waals surface area contributed by atoms with Crippen LogP contribution in [0.3, 0.4) is 0 Å². The molecule has 0 aromatic carbocycles. The zero-order chi connectivity index (χ0) is 11.0. The van der Waals surface area contributed by atoms with Gasteiger partial charge in [0.2, 0.25) is 5.91 Å². The van der Waals surface area contributed by atoms with Crippen LogP contribution in [0.25, 0.3) is 0 Å². The summed E-state index contributed by atoms with van der Waals surface area (Å²) in [6, 6.07) is -0.315. The number of carbonyl (C=O) groups is 2. The van der Waals surface area contributed by atoms with E-state index in [0.717, 1.165) is 19.4 Å². The molecule has 4 N–H and O–H groups in total. The zero-order valence-electron chi connectivity index (χ0n) is 8.80. The Morgan fingerprint density at radius 2 is 1.93 bits per heavy atom. The number of urea groups is 1. The van der Waals surface area contributed by atoms with E-state index in [1.807, 2.05) is 5.32 Å². The molecule has 0 atom stereocenters. The summed E-state index contributed by atoms with van der Waals surface area (Å²) < 4.78 is 0. The van der Waals surface area contributed by atoms with Crippen LogP contribution < -0.4 is 16.4 Å². The van der Waals surface area contributed by atoms with E-state index in [9.17, 15) is 9.59 Å². The molecule has 0 unspecified atom stereocenters. The summed E-state index contributed by atoms with van der Waals surface area (Å²) in [5.41, 5.74) is 4.78. The number of imide groups is 1. The molecule has 0 rings (SSSR count). The Morgan fingerprint density at radius 3 is 2.43 bits per heavy atom. The van der Waals surface area contributed by atoms with Crippen molar-refractivity contribution in [2.75, 3.05) is 6.54 Å². The average molecular weight is 201 g/mol. The zero-order valence-corrected chi connectivity index (χ0v) is 8.80. The lowest BCUT2D eigenvalue weighted by atomic mass is 10.2. The van der Waals surface area contributed by atoms with Crippen molar-refractivity contribution in [3.63, 3.8) is 0 Å². The van der Waals surface area contributed by atoms with Crippen molar-refractivity contribution >= 4 is 11.9 Å². The Bertz CT molecular complexity index is 192. The number of primary amides is 1. The van der Waals surface area contributed by atoms with Gasteiger partial charge in [0.1, 0.15) is 0 Å². The van der Waals surface area contributed by atoms with Crippen molar-refractivity contribution in [2.24, 2.45) is 5.73 Å². The number of hydrogen-bond donors (Lipinski definition) is 3. The Labute approximate surface area is 84.4 Å². The van der Waals surface area contributed by atoms with Crippen molar-refractivity contribution in [1.29, 1.82) is 0 Å². The maximum Gasteiger partial charge on any atom is 0.318 e. The highest BCUT2D eigenvalue weighted by atomic mass is 16.2. The standard InChI is InChI=1S/C9H19N3O2/c1-7(2)11-6-4-3-5-8(13)12-9(10)14/h7,11H,3-6H2,1-2H3,(H3,10,12,13,14). The largest absolute Gasteiger partial charge is 0.351 e. The number of amides is 3. The second kappa shape index (κ2) is 7.32. The highest BCUT2D eigenvalue weighted by molar-refractivity contribution is 5.93. The van der Waals surface area contributed by atoms with E-state index >= 15 is 0 Å². The molecule has 0 aromatic heterocycles. The summed E-state index contributed by atoms with van der Waals surface area (Å²) in [7, 11) is 0. The summed E-state index contributed by atoms with van der Waals surface area (Å²) >= 11 is 0. The molecule has 0 heterocycles. The fraction of sp³-hybridized carbons (Fsp3) is 0.778. The Hall–Kier alpha value is -1.10. The molecule has 0 spiro atoms. The third-order valence-electron chi connectivity index (χ3n) is 1.65. The van der Waals surface area contributed by atoms with Gasteiger partial charge in [-0.15, -0.1) is 0 Å². The lowest BCUT2D eigenvalue weighted by molar-refractivity contribution is -0.120. The van der Waals surface area contributed by atoms with Crippen LogP contribution in [0, 0.1) is 0 Å². The molecule has 5 nitrogen and oxygen atoms in total. The van der Waals surface area contributed by atoms with Crippen molar-refractivity contribution in [1.82, 2.24) is 10.6 Å². The van der Waals surface area contributed by atoms with Crippen LogP contribution in [0.4, 0.5) is 4.79 Å². The van der Waals surface area contributed by atoms with Gasteiger partial charge in [0, 0.05) is 12.5 Å². The quantitative estimate of drug-likeness (QED) is 0.542. The minimum Gasteiger partial charge on any atom is -0.351 e. The van der Waals surface area contributed by atoms with Crippen molar-refractivity contribution < 1.29 is 9.59 Å². The lowest BCUT2D eigenvalue weighted by Gasteiger charge is -2.06. The van der Waals surface area contributed by atoms with Gasteiger partial charge < -0.3 is 11.1 Å². The molecule has 82 valence electrons. The van der Waals surface area contributed by atoms with Crippen LogP contribution in [0.5, 0.6) is 0 Å². The minimum atomic E-state index is -0.782. The molecule has 0 aliphatic heterocycles. The number of nitrogens with one attached hydrogen (secondary N) is 2. The van der Waals surface area contributed by atoms with Crippen molar-refractivity contribution in [3.8, 4) is 0 Å². The first-order chi connectivity index (χ1) is 6.52. The van der Waals surface area contributed by atoms with Crippen LogP contribution >= 0.6 is 0 Å². The summed E-state index contributed by atoms with van der Waals surface area (Å²) in [6.45, 7) is 5.03. The third-order valence-corrected chi connectivity index (χ3v) is 1.65. The number of unbranched alkanes of at least 4 members (excludes halogenated alkanes) is 1. The van der Waals surface area contributed by atoms with Gasteiger partial charge in [0.25, 0.3) is 0 Å². The van der Waals surface area contributed by atoms with Crippen LogP contribution in [0.1, 0.15) is 33.1 Å². The van der Waals surface area contributed by atoms with E-state index in [4.69, 9.17) is 5.73 Å². The summed E-state index contributed by atoms with van der Waals surface area (Å²) in [5.74, 6) is -0.304. The van der Waals surface area contributed by atoms with E-state index in [-0.39, 0.29) is 5.91 Å². The van der Waals surface area contributed by atoms with Gasteiger partial charge in [-0.3, -0.25) is 10.1 Å². The predicted octanol–water partition coefficient (Wildman–Crippen LogP) is 0.350. The second-order valence-electron chi connectivity index (χ2n) is 3.48. The Kier molecular flexibility index (Phi) is 6.74. The van der Waals surface area contributed by atoms with Gasteiger partial charge in [-0.25, -0.2) is 4.79 Å². The van der Waals surface area contributed by atoms with Gasteiger partial charge in [0.15, 0.2) is 0 Å². The molecular weight excluding hydrogens is 182 g/mol. The third kappa shape index (κ3) is 8.99. The number of hydrogen-bond acceptors (Lipinski definition) is 3. The number of rotatable bonds is 6. The van der Waals surface area contributed by atoms with E-state index in [2.05, 4.69) is 19.2 Å².